The summed E-state index contributed by atoms with van der Waals surface area (Å²) in [4.78, 5) is 0. The Morgan fingerprint density at radius 3 is 2.17 bits per heavy atom. The summed E-state index contributed by atoms with van der Waals surface area (Å²) in [5.41, 5.74) is 0. The second-order valence-corrected chi connectivity index (χ2v) is 9.81. The van der Waals surface area contributed by atoms with Crippen molar-refractivity contribution < 1.29 is 0 Å². The molecule has 66 valence electrons. The molecule has 1 aliphatic rings. The van der Waals surface area contributed by atoms with Crippen LogP contribution < -0.4 is 5.30 Å². The van der Waals surface area contributed by atoms with Crippen molar-refractivity contribution in [2.75, 3.05) is 12.3 Å². The summed E-state index contributed by atoms with van der Waals surface area (Å²) in [6, 6.07) is 10.9. The maximum absolute atomic E-state index is 4.91. The van der Waals surface area contributed by atoms with E-state index in [1.807, 2.05) is 0 Å². The van der Waals surface area contributed by atoms with E-state index in [2.05, 4.69) is 30.3 Å². The minimum atomic E-state index is -1.27. The Morgan fingerprint density at radius 2 is 1.58 bits per heavy atom. The van der Waals surface area contributed by atoms with Crippen LogP contribution in [0, 0.1) is 0 Å². The fourth-order valence-corrected chi connectivity index (χ4v) is 6.70. The van der Waals surface area contributed by atoms with Gasteiger partial charge in [-0.25, -0.2) is 0 Å². The third kappa shape index (κ3) is 1.53. The summed E-state index contributed by atoms with van der Waals surface area (Å²) < 4.78 is 0. The average molecular weight is 198 g/mol. The van der Waals surface area contributed by atoms with Crippen LogP contribution in [-0.4, -0.2) is 12.3 Å². The first kappa shape index (κ1) is 8.59. The molecule has 1 heterocycles. The van der Waals surface area contributed by atoms with Crippen LogP contribution in [0.25, 0.3) is 0 Å². The second-order valence-electron chi connectivity index (χ2n) is 3.60. The Hall–Kier alpha value is 0. The summed E-state index contributed by atoms with van der Waals surface area (Å²) in [6.45, 7) is -1.27. The Bertz CT molecular complexity index is 252. The molecule has 2 rings (SSSR count). The van der Waals surface area contributed by atoms with E-state index in [1.54, 1.807) is 0 Å². The van der Waals surface area contributed by atoms with E-state index in [9.17, 15) is 0 Å². The Kier molecular flexibility index (Phi) is 2.43. The van der Waals surface area contributed by atoms with Gasteiger partial charge in [0.15, 0.2) is 0 Å². The second kappa shape index (κ2) is 3.40. The molecule has 0 spiro atoms. The molecule has 0 bridgehead atoms. The van der Waals surface area contributed by atoms with Gasteiger partial charge in [-0.15, -0.1) is 0 Å². The molecule has 2 heteroatoms. The topological polar surface area (TPSA) is 0 Å². The molecule has 0 saturated carbocycles. The van der Waals surface area contributed by atoms with E-state index in [1.165, 1.54) is 30.5 Å². The summed E-state index contributed by atoms with van der Waals surface area (Å²) in [5, 5.41) is 1.53. The Balaban J connectivity index is 2.29. The zero-order chi connectivity index (χ0) is 8.44. The van der Waals surface area contributed by atoms with E-state index in [-0.39, 0.29) is 0 Å². The van der Waals surface area contributed by atoms with Crippen LogP contribution in [0.15, 0.2) is 30.3 Å². The van der Waals surface area contributed by atoms with E-state index >= 15 is 0 Å². The first-order chi connectivity index (χ1) is 5.81. The summed E-state index contributed by atoms with van der Waals surface area (Å²) in [6.07, 6.45) is 5.54. The molecular formula is C10H15PS. The monoisotopic (exact) mass is 198 g/mol. The van der Waals surface area contributed by atoms with Crippen LogP contribution in [0.4, 0.5) is 0 Å². The maximum atomic E-state index is 4.91. The van der Waals surface area contributed by atoms with Crippen molar-refractivity contribution in [2.45, 2.75) is 12.8 Å². The standard InChI is InChI=1S/C10H15PS/c12-11(8-4-5-9-11)10-6-2-1-3-7-10/h1-3,6-7,11-12H,4-5,8-9H2. The Morgan fingerprint density at radius 1 is 1.00 bits per heavy atom. The van der Waals surface area contributed by atoms with Gasteiger partial charge in [0.1, 0.15) is 0 Å². The first-order valence-electron chi connectivity index (χ1n) is 4.59. The van der Waals surface area contributed by atoms with Gasteiger partial charge in [-0.05, 0) is 0 Å². The molecule has 0 amide bonds. The number of benzene rings is 1. The fourth-order valence-electron chi connectivity index (χ4n) is 2.00. The predicted octanol–water partition coefficient (Wildman–Crippen LogP) is 2.70. The summed E-state index contributed by atoms with van der Waals surface area (Å²) in [7, 11) is 0. The SMILES string of the molecule is S[PH]1(c2ccccc2)CCCC1. The quantitative estimate of drug-likeness (QED) is 0.520. The van der Waals surface area contributed by atoms with Gasteiger partial charge in [-0.3, -0.25) is 0 Å². The van der Waals surface area contributed by atoms with Crippen molar-refractivity contribution in [3.05, 3.63) is 30.3 Å². The third-order valence-corrected chi connectivity index (χ3v) is 8.63. The number of rotatable bonds is 1. The van der Waals surface area contributed by atoms with Gasteiger partial charge in [-0.1, -0.05) is 0 Å². The molecule has 1 fully saturated rings. The van der Waals surface area contributed by atoms with Crippen LogP contribution in [0.2, 0.25) is 0 Å². The number of hydrogen-bond donors (Lipinski definition) is 1. The van der Waals surface area contributed by atoms with Gasteiger partial charge in [-0.2, -0.15) is 0 Å². The molecular weight excluding hydrogens is 183 g/mol. The first-order valence-corrected chi connectivity index (χ1v) is 8.29. The van der Waals surface area contributed by atoms with Crippen molar-refractivity contribution in [1.82, 2.24) is 0 Å². The van der Waals surface area contributed by atoms with Crippen LogP contribution in [0.3, 0.4) is 0 Å². The Labute approximate surface area is 79.9 Å². The molecule has 0 aliphatic carbocycles. The summed E-state index contributed by atoms with van der Waals surface area (Å²) in [5.74, 6) is 0. The number of thiol groups is 1. The zero-order valence-corrected chi connectivity index (χ0v) is 9.06. The van der Waals surface area contributed by atoms with Crippen LogP contribution in [-0.2, 0) is 0 Å². The molecule has 0 aromatic heterocycles. The normalized spacial score (nSPS) is 23.8. The van der Waals surface area contributed by atoms with E-state index in [0.717, 1.165) is 0 Å². The van der Waals surface area contributed by atoms with E-state index < -0.39 is 6.46 Å². The minimum absolute atomic E-state index is 1.27. The van der Waals surface area contributed by atoms with Gasteiger partial charge < -0.3 is 0 Å². The van der Waals surface area contributed by atoms with Crippen LogP contribution >= 0.6 is 18.7 Å². The molecule has 1 aromatic carbocycles. The molecule has 0 radical (unpaired) electrons. The van der Waals surface area contributed by atoms with Crippen molar-refractivity contribution in [1.29, 1.82) is 0 Å². The van der Waals surface area contributed by atoms with Crippen LogP contribution in [0.1, 0.15) is 12.8 Å². The fraction of sp³-hybridized carbons (Fsp3) is 0.400. The molecule has 1 aromatic rings. The van der Waals surface area contributed by atoms with Gasteiger partial charge in [0.25, 0.3) is 0 Å². The van der Waals surface area contributed by atoms with E-state index in [0.29, 0.717) is 0 Å². The van der Waals surface area contributed by atoms with E-state index in [4.69, 9.17) is 12.2 Å². The third-order valence-electron chi connectivity index (χ3n) is 2.74. The molecule has 0 nitrogen and oxygen atoms in total. The van der Waals surface area contributed by atoms with Gasteiger partial charge >= 0.3 is 79.5 Å². The molecule has 12 heavy (non-hydrogen) atoms. The van der Waals surface area contributed by atoms with Crippen molar-refractivity contribution >= 4 is 24.0 Å². The molecule has 0 N–H and O–H groups in total. The average Bonchev–Trinajstić information content (AvgIpc) is 2.55. The molecule has 0 unspecified atom stereocenters. The molecule has 1 saturated heterocycles. The zero-order valence-electron chi connectivity index (χ0n) is 7.16. The van der Waals surface area contributed by atoms with Gasteiger partial charge in [0, 0.05) is 0 Å². The summed E-state index contributed by atoms with van der Waals surface area (Å²) >= 11 is 4.91. The molecule has 0 atom stereocenters. The van der Waals surface area contributed by atoms with Crippen molar-refractivity contribution in [3.63, 3.8) is 0 Å². The van der Waals surface area contributed by atoms with Gasteiger partial charge in [0.2, 0.25) is 0 Å². The van der Waals surface area contributed by atoms with Crippen molar-refractivity contribution in [3.8, 4) is 0 Å². The van der Waals surface area contributed by atoms with Gasteiger partial charge in [0.05, 0.1) is 0 Å². The van der Waals surface area contributed by atoms with Crippen LogP contribution in [0.5, 0.6) is 0 Å². The predicted molar refractivity (Wildman–Crippen MR) is 62.3 cm³/mol. The number of hydrogen-bond acceptors (Lipinski definition) is 1. The van der Waals surface area contributed by atoms with Crippen molar-refractivity contribution in [2.24, 2.45) is 0 Å². The molecule has 1 aliphatic heterocycles.